The van der Waals surface area contributed by atoms with Crippen LogP contribution in [-0.2, 0) is 0 Å². The molecule has 1 fully saturated rings. The van der Waals surface area contributed by atoms with Gasteiger partial charge in [0.1, 0.15) is 0 Å². The largest absolute Gasteiger partial charge is 0.390 e. The number of carbonyl (C=O) groups excluding carboxylic acids is 1. The Morgan fingerprint density at radius 2 is 2.08 bits per heavy atom. The van der Waals surface area contributed by atoms with E-state index in [1.54, 1.807) is 16.8 Å². The standard InChI is InChI=1S/C17H24N4O2S/c22-14(11-21-7-3-1-2-4-8-21)10-18-17(23)20-13-5-6-16-15(9-13)19-12-24-16/h5-6,9,12,14,22H,1-4,7-8,10-11H2,(H2,18,20,23)/t14-/m0/s1. The van der Waals surface area contributed by atoms with E-state index < -0.39 is 6.10 Å². The number of nitrogens with zero attached hydrogens (tertiary/aromatic N) is 2. The SMILES string of the molecule is O=C(NC[C@H](O)CN1CCCCCC1)Nc1ccc2scnc2c1. The summed E-state index contributed by atoms with van der Waals surface area (Å²) in [5.74, 6) is 0. The van der Waals surface area contributed by atoms with Gasteiger partial charge in [-0.25, -0.2) is 9.78 Å². The number of urea groups is 1. The van der Waals surface area contributed by atoms with Crippen LogP contribution < -0.4 is 10.6 Å². The molecule has 1 aliphatic rings. The summed E-state index contributed by atoms with van der Waals surface area (Å²) in [6, 6.07) is 5.34. The van der Waals surface area contributed by atoms with Crippen LogP contribution in [0.3, 0.4) is 0 Å². The molecule has 2 aromatic rings. The van der Waals surface area contributed by atoms with Crippen LogP contribution in [0.15, 0.2) is 23.7 Å². The molecule has 130 valence electrons. The van der Waals surface area contributed by atoms with Crippen molar-refractivity contribution in [3.63, 3.8) is 0 Å². The number of hydrogen-bond donors (Lipinski definition) is 3. The first kappa shape index (κ1) is 17.1. The number of rotatable bonds is 5. The monoisotopic (exact) mass is 348 g/mol. The first-order chi connectivity index (χ1) is 11.7. The summed E-state index contributed by atoms with van der Waals surface area (Å²) in [7, 11) is 0. The summed E-state index contributed by atoms with van der Waals surface area (Å²) in [5.41, 5.74) is 3.36. The zero-order chi connectivity index (χ0) is 16.8. The van der Waals surface area contributed by atoms with E-state index in [9.17, 15) is 9.90 Å². The Morgan fingerprint density at radius 3 is 2.88 bits per heavy atom. The van der Waals surface area contributed by atoms with Gasteiger partial charge in [-0.15, -0.1) is 11.3 Å². The van der Waals surface area contributed by atoms with Gasteiger partial charge in [-0.2, -0.15) is 0 Å². The average molecular weight is 348 g/mol. The topological polar surface area (TPSA) is 77.5 Å². The number of amides is 2. The second-order valence-electron chi connectivity index (χ2n) is 6.24. The molecular weight excluding hydrogens is 324 g/mol. The van der Waals surface area contributed by atoms with Crippen LogP contribution in [0.4, 0.5) is 10.5 Å². The molecule has 0 bridgehead atoms. The molecule has 0 aliphatic carbocycles. The van der Waals surface area contributed by atoms with E-state index in [2.05, 4.69) is 20.5 Å². The fraction of sp³-hybridized carbons (Fsp3) is 0.529. The summed E-state index contributed by atoms with van der Waals surface area (Å²) in [5, 5.41) is 15.6. The van der Waals surface area contributed by atoms with Crippen molar-refractivity contribution in [2.24, 2.45) is 0 Å². The van der Waals surface area contributed by atoms with Crippen LogP contribution >= 0.6 is 11.3 Å². The molecule has 6 nitrogen and oxygen atoms in total. The quantitative estimate of drug-likeness (QED) is 0.776. The number of benzene rings is 1. The van der Waals surface area contributed by atoms with Crippen LogP contribution in [0.5, 0.6) is 0 Å². The van der Waals surface area contributed by atoms with Crippen molar-refractivity contribution in [1.29, 1.82) is 0 Å². The van der Waals surface area contributed by atoms with E-state index in [1.165, 1.54) is 25.7 Å². The molecule has 0 spiro atoms. The van der Waals surface area contributed by atoms with Crippen LogP contribution in [0, 0.1) is 0 Å². The Balaban J connectivity index is 1.42. The lowest BCUT2D eigenvalue weighted by molar-refractivity contribution is 0.115. The molecular formula is C17H24N4O2S. The molecule has 1 atom stereocenters. The lowest BCUT2D eigenvalue weighted by Gasteiger charge is -2.23. The predicted octanol–water partition coefficient (Wildman–Crippen LogP) is 2.65. The van der Waals surface area contributed by atoms with E-state index in [1.807, 2.05) is 18.2 Å². The first-order valence-corrected chi connectivity index (χ1v) is 9.37. The Morgan fingerprint density at radius 1 is 1.29 bits per heavy atom. The zero-order valence-corrected chi connectivity index (χ0v) is 14.5. The number of aliphatic hydroxyl groups is 1. The van der Waals surface area contributed by atoms with Crippen molar-refractivity contribution < 1.29 is 9.90 Å². The van der Waals surface area contributed by atoms with Gasteiger partial charge in [0.25, 0.3) is 0 Å². The zero-order valence-electron chi connectivity index (χ0n) is 13.7. The highest BCUT2D eigenvalue weighted by Crippen LogP contribution is 2.21. The van der Waals surface area contributed by atoms with Crippen LogP contribution in [0.1, 0.15) is 25.7 Å². The van der Waals surface area contributed by atoms with E-state index >= 15 is 0 Å². The maximum absolute atomic E-state index is 12.0. The molecule has 7 heteroatoms. The second-order valence-corrected chi connectivity index (χ2v) is 7.12. The smallest absolute Gasteiger partial charge is 0.319 e. The molecule has 0 radical (unpaired) electrons. The van der Waals surface area contributed by atoms with Crippen LogP contribution in [0.2, 0.25) is 0 Å². The Labute approximate surface area is 145 Å². The van der Waals surface area contributed by atoms with E-state index in [0.29, 0.717) is 12.2 Å². The molecule has 1 aliphatic heterocycles. The fourth-order valence-corrected chi connectivity index (χ4v) is 3.66. The Hall–Kier alpha value is -1.70. The predicted molar refractivity (Wildman–Crippen MR) is 97.6 cm³/mol. The van der Waals surface area contributed by atoms with Crippen molar-refractivity contribution in [3.8, 4) is 0 Å². The third kappa shape index (κ3) is 4.90. The van der Waals surface area contributed by atoms with E-state index in [0.717, 1.165) is 23.3 Å². The van der Waals surface area contributed by atoms with E-state index in [4.69, 9.17) is 0 Å². The number of likely N-dealkylation sites (tertiary alicyclic amines) is 1. The summed E-state index contributed by atoms with van der Waals surface area (Å²) in [4.78, 5) is 18.5. The van der Waals surface area contributed by atoms with Gasteiger partial charge < -0.3 is 20.6 Å². The average Bonchev–Trinajstić information content (AvgIpc) is 2.88. The van der Waals surface area contributed by atoms with Gasteiger partial charge in [0.15, 0.2) is 0 Å². The first-order valence-electron chi connectivity index (χ1n) is 8.49. The minimum Gasteiger partial charge on any atom is -0.390 e. The summed E-state index contributed by atoms with van der Waals surface area (Å²) >= 11 is 1.57. The molecule has 3 N–H and O–H groups in total. The highest BCUT2D eigenvalue weighted by atomic mass is 32.1. The Bertz CT molecular complexity index is 667. The highest BCUT2D eigenvalue weighted by Gasteiger charge is 2.14. The molecule has 2 heterocycles. The normalized spacial score (nSPS) is 17.4. The van der Waals surface area contributed by atoms with Crippen molar-refractivity contribution in [3.05, 3.63) is 23.7 Å². The summed E-state index contributed by atoms with van der Waals surface area (Å²) < 4.78 is 1.09. The van der Waals surface area contributed by atoms with Gasteiger partial charge in [-0.1, -0.05) is 12.8 Å². The minimum absolute atomic E-state index is 0.251. The van der Waals surface area contributed by atoms with Crippen molar-refractivity contribution >= 4 is 33.3 Å². The van der Waals surface area contributed by atoms with E-state index in [-0.39, 0.29) is 12.6 Å². The number of β-amino-alcohol motifs (C(OH)–C–C–N with tert-alkyl or cyclic N) is 1. The van der Waals surface area contributed by atoms with Crippen molar-refractivity contribution in [1.82, 2.24) is 15.2 Å². The lowest BCUT2D eigenvalue weighted by Crippen LogP contribution is -2.41. The number of nitrogens with one attached hydrogen (secondary N) is 2. The molecule has 1 aromatic heterocycles. The summed E-state index contributed by atoms with van der Waals surface area (Å²) in [6.45, 7) is 2.94. The van der Waals surface area contributed by atoms with Gasteiger partial charge in [0.2, 0.25) is 0 Å². The third-order valence-electron chi connectivity index (χ3n) is 4.25. The molecule has 0 saturated carbocycles. The highest BCUT2D eigenvalue weighted by molar-refractivity contribution is 7.16. The van der Waals surface area contributed by atoms with Crippen molar-refractivity contribution in [2.45, 2.75) is 31.8 Å². The van der Waals surface area contributed by atoms with Gasteiger partial charge in [0, 0.05) is 18.8 Å². The Kier molecular flexibility index (Phi) is 6.01. The van der Waals surface area contributed by atoms with Gasteiger partial charge in [-0.3, -0.25) is 0 Å². The summed E-state index contributed by atoms with van der Waals surface area (Å²) in [6.07, 6.45) is 4.39. The number of carbonyl (C=O) groups is 1. The maximum atomic E-state index is 12.0. The van der Waals surface area contributed by atoms with Crippen LogP contribution in [0.25, 0.3) is 10.2 Å². The van der Waals surface area contributed by atoms with Crippen molar-refractivity contribution in [2.75, 3.05) is 31.5 Å². The van der Waals surface area contributed by atoms with Gasteiger partial charge in [0.05, 0.1) is 21.8 Å². The molecule has 1 aromatic carbocycles. The molecule has 3 rings (SSSR count). The number of anilines is 1. The number of aromatic nitrogens is 1. The van der Waals surface area contributed by atoms with Gasteiger partial charge >= 0.3 is 6.03 Å². The molecule has 2 amide bonds. The lowest BCUT2D eigenvalue weighted by atomic mass is 10.2. The number of thiazole rings is 1. The fourth-order valence-electron chi connectivity index (χ4n) is 3.00. The van der Waals surface area contributed by atoms with Crippen LogP contribution in [-0.4, -0.2) is 53.3 Å². The number of hydrogen-bond acceptors (Lipinski definition) is 5. The minimum atomic E-state index is -0.546. The number of aliphatic hydroxyl groups excluding tert-OH is 1. The second kappa shape index (κ2) is 8.41. The number of fused-ring (bicyclic) bond motifs is 1. The van der Waals surface area contributed by atoms with Gasteiger partial charge in [-0.05, 0) is 44.1 Å². The molecule has 0 unspecified atom stereocenters. The third-order valence-corrected chi connectivity index (χ3v) is 5.06. The molecule has 24 heavy (non-hydrogen) atoms. The maximum Gasteiger partial charge on any atom is 0.319 e. The molecule has 1 saturated heterocycles.